The van der Waals surface area contributed by atoms with Gasteiger partial charge < -0.3 is 26.0 Å². The highest BCUT2D eigenvalue weighted by molar-refractivity contribution is 5.94. The molecule has 0 radical (unpaired) electrons. The SMILES string of the molecule is CCNC(=NCC(=O)Nc1ccc(O)cc1)NC1CCN(C2CC2)CC1. The quantitative estimate of drug-likeness (QED) is 0.351. The second-order valence-electron chi connectivity index (χ2n) is 6.98. The normalized spacial score (nSPS) is 19.2. The summed E-state index contributed by atoms with van der Waals surface area (Å²) in [4.78, 5) is 19.1. The number of hydrogen-bond donors (Lipinski definition) is 4. The summed E-state index contributed by atoms with van der Waals surface area (Å²) in [5.74, 6) is 0.682. The Kier molecular flexibility index (Phi) is 6.33. The first-order valence-electron chi connectivity index (χ1n) is 9.52. The largest absolute Gasteiger partial charge is 0.508 e. The predicted molar refractivity (Wildman–Crippen MR) is 103 cm³/mol. The number of anilines is 1. The number of carbonyl (C=O) groups excluding carboxylic acids is 1. The van der Waals surface area contributed by atoms with Crippen molar-refractivity contribution < 1.29 is 9.90 Å². The summed E-state index contributed by atoms with van der Waals surface area (Å²) in [5.41, 5.74) is 0.647. The van der Waals surface area contributed by atoms with Crippen molar-refractivity contribution in [2.45, 2.75) is 44.7 Å². The number of likely N-dealkylation sites (tertiary alicyclic amines) is 1. The Hall–Kier alpha value is -2.28. The maximum atomic E-state index is 12.1. The third-order valence-corrected chi connectivity index (χ3v) is 4.81. The third-order valence-electron chi connectivity index (χ3n) is 4.81. The molecule has 0 aromatic heterocycles. The lowest BCUT2D eigenvalue weighted by molar-refractivity contribution is -0.114. The number of aliphatic imine (C=N–C) groups is 1. The number of nitrogens with zero attached hydrogens (tertiary/aromatic N) is 2. The molecule has 7 heteroatoms. The van der Waals surface area contributed by atoms with E-state index in [0.29, 0.717) is 17.7 Å². The summed E-state index contributed by atoms with van der Waals surface area (Å²) in [6, 6.07) is 7.64. The number of nitrogens with one attached hydrogen (secondary N) is 3. The van der Waals surface area contributed by atoms with Crippen LogP contribution in [0.2, 0.25) is 0 Å². The lowest BCUT2D eigenvalue weighted by Gasteiger charge is -2.33. The molecule has 0 atom stereocenters. The van der Waals surface area contributed by atoms with Crippen LogP contribution >= 0.6 is 0 Å². The molecule has 1 amide bonds. The highest BCUT2D eigenvalue weighted by Crippen LogP contribution is 2.29. The van der Waals surface area contributed by atoms with Crippen LogP contribution in [0, 0.1) is 0 Å². The maximum Gasteiger partial charge on any atom is 0.246 e. The number of guanidine groups is 1. The summed E-state index contributed by atoms with van der Waals surface area (Å²) in [7, 11) is 0. The number of carbonyl (C=O) groups is 1. The lowest BCUT2D eigenvalue weighted by atomic mass is 10.1. The minimum absolute atomic E-state index is 0.0527. The van der Waals surface area contributed by atoms with E-state index in [1.54, 1.807) is 24.3 Å². The zero-order valence-corrected chi connectivity index (χ0v) is 15.4. The zero-order valence-electron chi connectivity index (χ0n) is 15.4. The Morgan fingerprint density at radius 2 is 1.88 bits per heavy atom. The molecule has 1 aliphatic heterocycles. The topological polar surface area (TPSA) is 89.0 Å². The third kappa shape index (κ3) is 5.62. The number of phenols is 1. The fraction of sp³-hybridized carbons (Fsp3) is 0.579. The molecule has 1 saturated heterocycles. The number of phenolic OH excluding ortho intramolecular Hbond substituents is 1. The Labute approximate surface area is 154 Å². The van der Waals surface area contributed by atoms with E-state index in [-0.39, 0.29) is 18.2 Å². The van der Waals surface area contributed by atoms with Crippen LogP contribution in [0.4, 0.5) is 5.69 Å². The molecule has 3 rings (SSSR count). The highest BCUT2D eigenvalue weighted by Gasteiger charge is 2.31. The van der Waals surface area contributed by atoms with Crippen LogP contribution in [0.25, 0.3) is 0 Å². The van der Waals surface area contributed by atoms with Gasteiger partial charge in [-0.1, -0.05) is 0 Å². The van der Waals surface area contributed by atoms with E-state index in [9.17, 15) is 9.90 Å². The van der Waals surface area contributed by atoms with E-state index in [2.05, 4.69) is 25.8 Å². The standard InChI is InChI=1S/C19H29N5O2/c1-2-20-19(23-15-9-11-24(12-10-15)16-5-6-16)21-13-18(26)22-14-3-7-17(25)8-4-14/h3-4,7-8,15-16,25H,2,5-6,9-13H2,1H3,(H,22,26)(H2,20,21,23). The number of rotatable bonds is 6. The molecule has 4 N–H and O–H groups in total. The van der Waals surface area contributed by atoms with Gasteiger partial charge in [0.2, 0.25) is 5.91 Å². The first-order valence-corrected chi connectivity index (χ1v) is 9.52. The number of hydrogen-bond acceptors (Lipinski definition) is 4. The molecule has 1 heterocycles. The van der Waals surface area contributed by atoms with Gasteiger partial charge in [0.05, 0.1) is 0 Å². The van der Waals surface area contributed by atoms with Crippen molar-refractivity contribution in [3.05, 3.63) is 24.3 Å². The van der Waals surface area contributed by atoms with Gasteiger partial charge in [-0.15, -0.1) is 0 Å². The summed E-state index contributed by atoms with van der Waals surface area (Å²) >= 11 is 0. The maximum absolute atomic E-state index is 12.1. The van der Waals surface area contributed by atoms with E-state index in [1.165, 1.54) is 12.8 Å². The molecular weight excluding hydrogens is 330 g/mol. The molecule has 0 bridgehead atoms. The minimum Gasteiger partial charge on any atom is -0.508 e. The van der Waals surface area contributed by atoms with Gasteiger partial charge in [-0.3, -0.25) is 4.79 Å². The second kappa shape index (κ2) is 8.89. The summed E-state index contributed by atoms with van der Waals surface area (Å²) in [6.45, 7) is 5.11. The number of aromatic hydroxyl groups is 1. The van der Waals surface area contributed by atoms with Gasteiger partial charge in [-0.25, -0.2) is 4.99 Å². The fourth-order valence-electron chi connectivity index (χ4n) is 3.26. The van der Waals surface area contributed by atoms with Crippen LogP contribution in [-0.2, 0) is 4.79 Å². The number of piperidine rings is 1. The van der Waals surface area contributed by atoms with Crippen molar-refractivity contribution in [3.8, 4) is 5.75 Å². The highest BCUT2D eigenvalue weighted by atomic mass is 16.3. The molecule has 1 aromatic rings. The molecule has 2 fully saturated rings. The molecule has 0 unspecified atom stereocenters. The second-order valence-corrected chi connectivity index (χ2v) is 6.98. The first-order chi connectivity index (χ1) is 12.6. The van der Waals surface area contributed by atoms with Crippen LogP contribution < -0.4 is 16.0 Å². The number of amides is 1. The molecule has 0 spiro atoms. The molecule has 1 aromatic carbocycles. The van der Waals surface area contributed by atoms with Gasteiger partial charge in [-0.05, 0) is 56.9 Å². The molecule has 7 nitrogen and oxygen atoms in total. The first kappa shape index (κ1) is 18.5. The predicted octanol–water partition coefficient (Wildman–Crippen LogP) is 1.51. The average molecular weight is 359 g/mol. The zero-order chi connectivity index (χ0) is 18.4. The van der Waals surface area contributed by atoms with Crippen LogP contribution in [0.5, 0.6) is 5.75 Å². The van der Waals surface area contributed by atoms with Crippen molar-refractivity contribution in [2.24, 2.45) is 4.99 Å². The van der Waals surface area contributed by atoms with Crippen molar-refractivity contribution in [2.75, 3.05) is 31.5 Å². The van der Waals surface area contributed by atoms with Crippen LogP contribution in [0.15, 0.2) is 29.3 Å². The summed E-state index contributed by atoms with van der Waals surface area (Å²) in [5, 5.41) is 18.7. The number of benzene rings is 1. The molecule has 26 heavy (non-hydrogen) atoms. The minimum atomic E-state index is -0.184. The Morgan fingerprint density at radius 3 is 2.50 bits per heavy atom. The molecule has 1 aliphatic carbocycles. The van der Waals surface area contributed by atoms with E-state index in [1.807, 2.05) is 6.92 Å². The van der Waals surface area contributed by atoms with Crippen molar-refractivity contribution in [1.82, 2.24) is 15.5 Å². The van der Waals surface area contributed by atoms with Crippen LogP contribution in [0.1, 0.15) is 32.6 Å². The fourth-order valence-corrected chi connectivity index (χ4v) is 3.26. The average Bonchev–Trinajstić information content (AvgIpc) is 3.48. The Bertz CT molecular complexity index is 619. The van der Waals surface area contributed by atoms with E-state index >= 15 is 0 Å². The van der Waals surface area contributed by atoms with E-state index in [0.717, 1.165) is 38.5 Å². The Morgan fingerprint density at radius 1 is 1.19 bits per heavy atom. The van der Waals surface area contributed by atoms with E-state index in [4.69, 9.17) is 0 Å². The Balaban J connectivity index is 1.46. The molecule has 2 aliphatic rings. The van der Waals surface area contributed by atoms with Gasteiger partial charge in [0.1, 0.15) is 12.3 Å². The monoisotopic (exact) mass is 359 g/mol. The van der Waals surface area contributed by atoms with Gasteiger partial charge in [-0.2, -0.15) is 0 Å². The van der Waals surface area contributed by atoms with Crippen LogP contribution in [0.3, 0.4) is 0 Å². The van der Waals surface area contributed by atoms with Gasteiger partial charge in [0, 0.05) is 37.4 Å². The molecular formula is C19H29N5O2. The lowest BCUT2D eigenvalue weighted by Crippen LogP contribution is -2.49. The van der Waals surface area contributed by atoms with Gasteiger partial charge in [0.15, 0.2) is 5.96 Å². The van der Waals surface area contributed by atoms with Crippen molar-refractivity contribution in [3.63, 3.8) is 0 Å². The summed E-state index contributed by atoms with van der Waals surface area (Å²) in [6.07, 6.45) is 4.94. The van der Waals surface area contributed by atoms with Gasteiger partial charge >= 0.3 is 0 Å². The van der Waals surface area contributed by atoms with Gasteiger partial charge in [0.25, 0.3) is 0 Å². The smallest absolute Gasteiger partial charge is 0.246 e. The molecule has 142 valence electrons. The van der Waals surface area contributed by atoms with Crippen LogP contribution in [-0.4, -0.2) is 60.1 Å². The molecule has 1 saturated carbocycles. The summed E-state index contributed by atoms with van der Waals surface area (Å²) < 4.78 is 0. The van der Waals surface area contributed by atoms with Crippen molar-refractivity contribution in [1.29, 1.82) is 0 Å². The van der Waals surface area contributed by atoms with Crippen molar-refractivity contribution >= 4 is 17.6 Å². The van der Waals surface area contributed by atoms with E-state index < -0.39 is 0 Å².